The van der Waals surface area contributed by atoms with Crippen molar-refractivity contribution in [3.05, 3.63) is 41.2 Å². The molecule has 1 aromatic carbocycles. The van der Waals surface area contributed by atoms with Crippen molar-refractivity contribution in [3.8, 4) is 0 Å². The highest BCUT2D eigenvalue weighted by molar-refractivity contribution is 5.75. The highest BCUT2D eigenvalue weighted by Gasteiger charge is 2.41. The summed E-state index contributed by atoms with van der Waals surface area (Å²) in [6, 6.07) is 1.78. The molecular weight excluding hydrogens is 319 g/mol. The van der Waals surface area contributed by atoms with E-state index in [1.165, 1.54) is 0 Å². The van der Waals surface area contributed by atoms with Crippen LogP contribution in [0.1, 0.15) is 45.6 Å². The number of rotatable bonds is 1. The second kappa shape index (κ2) is 5.83. The van der Waals surface area contributed by atoms with E-state index in [0.29, 0.717) is 12.0 Å². The van der Waals surface area contributed by atoms with Crippen LogP contribution in [0.3, 0.4) is 0 Å². The van der Waals surface area contributed by atoms with Crippen LogP contribution in [-0.4, -0.2) is 28.7 Å². The van der Waals surface area contributed by atoms with Crippen LogP contribution in [0.5, 0.6) is 0 Å². The predicted molar refractivity (Wildman–Crippen MR) is 83.8 cm³/mol. The normalized spacial score (nSPS) is 23.2. The van der Waals surface area contributed by atoms with E-state index in [1.807, 2.05) is 26.8 Å². The Hall–Kier alpha value is -1.98. The summed E-state index contributed by atoms with van der Waals surface area (Å²) >= 11 is 0. The topological polar surface area (TPSA) is 29.5 Å². The minimum atomic E-state index is -1.46. The molecule has 1 fully saturated rings. The van der Waals surface area contributed by atoms with E-state index in [1.54, 1.807) is 4.90 Å². The number of halogens is 3. The van der Waals surface area contributed by atoms with Crippen molar-refractivity contribution >= 4 is 11.7 Å². The van der Waals surface area contributed by atoms with Crippen LogP contribution >= 0.6 is 0 Å². The van der Waals surface area contributed by atoms with Crippen molar-refractivity contribution < 1.29 is 22.7 Å². The van der Waals surface area contributed by atoms with Crippen molar-refractivity contribution in [2.45, 2.75) is 57.7 Å². The molecule has 2 bridgehead atoms. The molecule has 2 heterocycles. The molecule has 0 spiro atoms. The maximum Gasteiger partial charge on any atom is 0.411 e. The molecule has 0 saturated carbocycles. The number of fused-ring (bicyclic) bond motifs is 2. The maximum atomic E-state index is 13.5. The molecule has 2 aliphatic heterocycles. The number of nitrogens with zero attached hydrogens (tertiary/aromatic N) is 1. The molecular formula is C18H20F3NO2. The second-order valence-corrected chi connectivity index (χ2v) is 7.34. The van der Waals surface area contributed by atoms with Crippen molar-refractivity contribution in [2.24, 2.45) is 0 Å². The lowest BCUT2D eigenvalue weighted by molar-refractivity contribution is 0.0175. The van der Waals surface area contributed by atoms with Crippen LogP contribution in [0.4, 0.5) is 18.0 Å². The maximum absolute atomic E-state index is 13.5. The lowest BCUT2D eigenvalue weighted by Crippen LogP contribution is -2.45. The molecule has 1 amide bonds. The Morgan fingerprint density at radius 1 is 1.17 bits per heavy atom. The van der Waals surface area contributed by atoms with E-state index in [0.717, 1.165) is 30.5 Å². The molecule has 130 valence electrons. The molecule has 3 rings (SSSR count). The zero-order chi connectivity index (χ0) is 17.6. The van der Waals surface area contributed by atoms with Crippen molar-refractivity contribution in [2.75, 3.05) is 0 Å². The molecule has 24 heavy (non-hydrogen) atoms. The highest BCUT2D eigenvalue weighted by atomic mass is 19.2. The molecule has 0 radical (unpaired) electrons. The van der Waals surface area contributed by atoms with Gasteiger partial charge in [-0.3, -0.25) is 4.90 Å². The van der Waals surface area contributed by atoms with Crippen LogP contribution in [0.2, 0.25) is 0 Å². The summed E-state index contributed by atoms with van der Waals surface area (Å²) < 4.78 is 45.5. The fourth-order valence-electron chi connectivity index (χ4n) is 3.38. The quantitative estimate of drug-likeness (QED) is 0.697. The summed E-state index contributed by atoms with van der Waals surface area (Å²) in [6.07, 6.45) is 3.51. The van der Waals surface area contributed by atoms with Crippen LogP contribution < -0.4 is 0 Å². The van der Waals surface area contributed by atoms with Gasteiger partial charge in [-0.1, -0.05) is 6.08 Å². The third-order valence-electron chi connectivity index (χ3n) is 4.35. The van der Waals surface area contributed by atoms with Gasteiger partial charge in [0.05, 0.1) is 6.04 Å². The summed E-state index contributed by atoms with van der Waals surface area (Å²) in [4.78, 5) is 14.1. The largest absolute Gasteiger partial charge is 0.444 e. The van der Waals surface area contributed by atoms with Crippen LogP contribution in [0, 0.1) is 17.5 Å². The van der Waals surface area contributed by atoms with Gasteiger partial charge in [0.25, 0.3) is 0 Å². The van der Waals surface area contributed by atoms with Gasteiger partial charge in [-0.2, -0.15) is 0 Å². The molecule has 0 aliphatic carbocycles. The number of ether oxygens (including phenoxy) is 1. The fraction of sp³-hybridized carbons (Fsp3) is 0.500. The van der Waals surface area contributed by atoms with Gasteiger partial charge in [-0.15, -0.1) is 0 Å². The monoisotopic (exact) mass is 339 g/mol. The Morgan fingerprint density at radius 2 is 1.79 bits per heavy atom. The first kappa shape index (κ1) is 16.9. The summed E-state index contributed by atoms with van der Waals surface area (Å²) in [5.74, 6) is -3.87. The highest BCUT2D eigenvalue weighted by Crippen LogP contribution is 2.39. The van der Waals surface area contributed by atoms with Crippen LogP contribution in [-0.2, 0) is 4.74 Å². The summed E-state index contributed by atoms with van der Waals surface area (Å²) in [5, 5.41) is 0. The standard InChI is InChI=1S/C18H20F3NO2/c1-18(2,3)24-17(23)22-12-4-5-13(22)7-10(6-12)11-8-14(19)16(21)15(20)9-11/h6,8-9,12-13H,4-5,7H2,1-3H3. The first-order valence-electron chi connectivity index (χ1n) is 8.02. The molecule has 6 heteroatoms. The van der Waals surface area contributed by atoms with Gasteiger partial charge < -0.3 is 4.74 Å². The fourth-order valence-corrected chi connectivity index (χ4v) is 3.38. The molecule has 0 aromatic heterocycles. The zero-order valence-corrected chi connectivity index (χ0v) is 13.9. The van der Waals surface area contributed by atoms with Crippen molar-refractivity contribution in [3.63, 3.8) is 0 Å². The van der Waals surface area contributed by atoms with E-state index in [9.17, 15) is 18.0 Å². The van der Waals surface area contributed by atoms with Gasteiger partial charge in [0, 0.05) is 6.04 Å². The van der Waals surface area contributed by atoms with Gasteiger partial charge in [-0.05, 0) is 63.3 Å². The number of amides is 1. The van der Waals surface area contributed by atoms with E-state index in [-0.39, 0.29) is 18.2 Å². The van der Waals surface area contributed by atoms with Crippen molar-refractivity contribution in [1.82, 2.24) is 4.90 Å². The third-order valence-corrected chi connectivity index (χ3v) is 4.35. The number of carbonyl (C=O) groups excluding carboxylic acids is 1. The summed E-state index contributed by atoms with van der Waals surface area (Å²) in [5.41, 5.74) is 0.483. The number of benzene rings is 1. The van der Waals surface area contributed by atoms with Gasteiger partial charge in [0.15, 0.2) is 17.5 Å². The Labute approximate surface area is 139 Å². The smallest absolute Gasteiger partial charge is 0.411 e. The van der Waals surface area contributed by atoms with E-state index in [4.69, 9.17) is 4.74 Å². The average Bonchev–Trinajstić information content (AvgIpc) is 2.73. The van der Waals surface area contributed by atoms with Gasteiger partial charge in [-0.25, -0.2) is 18.0 Å². The van der Waals surface area contributed by atoms with Crippen LogP contribution in [0.25, 0.3) is 5.57 Å². The molecule has 2 aliphatic rings. The average molecular weight is 339 g/mol. The minimum absolute atomic E-state index is 0.0685. The van der Waals surface area contributed by atoms with E-state index in [2.05, 4.69) is 0 Å². The Morgan fingerprint density at radius 3 is 2.33 bits per heavy atom. The molecule has 1 aromatic rings. The Kier molecular flexibility index (Phi) is 4.10. The number of hydrogen-bond donors (Lipinski definition) is 0. The first-order chi connectivity index (χ1) is 11.2. The summed E-state index contributed by atoms with van der Waals surface area (Å²) in [6.45, 7) is 5.42. The molecule has 3 nitrogen and oxygen atoms in total. The van der Waals surface area contributed by atoms with Crippen LogP contribution in [0.15, 0.2) is 18.2 Å². The lowest BCUT2D eigenvalue weighted by atomic mass is 9.94. The number of hydrogen-bond acceptors (Lipinski definition) is 2. The predicted octanol–water partition coefficient (Wildman–Crippen LogP) is 4.66. The lowest BCUT2D eigenvalue weighted by Gasteiger charge is -2.35. The second-order valence-electron chi connectivity index (χ2n) is 7.34. The summed E-state index contributed by atoms with van der Waals surface area (Å²) in [7, 11) is 0. The van der Waals surface area contributed by atoms with Gasteiger partial charge in [0.1, 0.15) is 5.60 Å². The van der Waals surface area contributed by atoms with Gasteiger partial charge in [0.2, 0.25) is 0 Å². The molecule has 0 N–H and O–H groups in total. The van der Waals surface area contributed by atoms with Gasteiger partial charge >= 0.3 is 6.09 Å². The van der Waals surface area contributed by atoms with E-state index < -0.39 is 23.1 Å². The molecule has 1 saturated heterocycles. The van der Waals surface area contributed by atoms with Crippen molar-refractivity contribution in [1.29, 1.82) is 0 Å². The SMILES string of the molecule is CC(C)(C)OC(=O)N1C2C=C(c3cc(F)c(F)c(F)c3)CC1CC2. The van der Waals surface area contributed by atoms with E-state index >= 15 is 0 Å². The first-order valence-corrected chi connectivity index (χ1v) is 8.02. The minimum Gasteiger partial charge on any atom is -0.444 e. The molecule has 2 unspecified atom stereocenters. The Balaban J connectivity index is 1.86. The third kappa shape index (κ3) is 3.14. The Bertz CT molecular complexity index is 686. The zero-order valence-electron chi connectivity index (χ0n) is 13.9. The number of carbonyl (C=O) groups is 1. The molecule has 2 atom stereocenters.